The standard InChI is InChI=1S/C18H22O3/c1-3-18-9-8-15(19)11-14(18)6-4-12-10-13(17(20)21-2)5-7-16(12)18/h4-7,10,14-15,19H,3,8-9,11H2,1-2H3. The number of rotatable bonds is 2. The molecule has 0 radical (unpaired) electrons. The van der Waals surface area contributed by atoms with Crippen molar-refractivity contribution in [1.82, 2.24) is 0 Å². The van der Waals surface area contributed by atoms with Crippen LogP contribution in [0.15, 0.2) is 24.3 Å². The van der Waals surface area contributed by atoms with Crippen molar-refractivity contribution in [3.05, 3.63) is 41.0 Å². The highest BCUT2D eigenvalue weighted by atomic mass is 16.5. The van der Waals surface area contributed by atoms with Crippen molar-refractivity contribution in [2.75, 3.05) is 7.11 Å². The van der Waals surface area contributed by atoms with Gasteiger partial charge in [0.15, 0.2) is 0 Å². The highest BCUT2D eigenvalue weighted by Gasteiger charge is 2.44. The van der Waals surface area contributed by atoms with Crippen LogP contribution in [-0.4, -0.2) is 24.3 Å². The molecule has 21 heavy (non-hydrogen) atoms. The Kier molecular flexibility index (Phi) is 3.62. The van der Waals surface area contributed by atoms with E-state index in [-0.39, 0.29) is 17.5 Å². The molecule has 2 aliphatic carbocycles. The summed E-state index contributed by atoms with van der Waals surface area (Å²) in [6.45, 7) is 2.22. The van der Waals surface area contributed by atoms with Gasteiger partial charge in [-0.2, -0.15) is 0 Å². The monoisotopic (exact) mass is 286 g/mol. The minimum atomic E-state index is -0.294. The Bertz CT molecular complexity index is 590. The molecule has 0 aliphatic heterocycles. The summed E-state index contributed by atoms with van der Waals surface area (Å²) in [5.41, 5.74) is 3.14. The quantitative estimate of drug-likeness (QED) is 0.848. The van der Waals surface area contributed by atoms with E-state index in [1.54, 1.807) is 0 Å². The van der Waals surface area contributed by atoms with Crippen molar-refractivity contribution >= 4 is 12.0 Å². The minimum absolute atomic E-state index is 0.109. The minimum Gasteiger partial charge on any atom is -0.465 e. The van der Waals surface area contributed by atoms with E-state index in [1.807, 2.05) is 12.1 Å². The van der Waals surface area contributed by atoms with Gasteiger partial charge >= 0.3 is 5.97 Å². The Morgan fingerprint density at radius 3 is 3.00 bits per heavy atom. The van der Waals surface area contributed by atoms with Crippen LogP contribution in [0.1, 0.15) is 54.1 Å². The van der Waals surface area contributed by atoms with Gasteiger partial charge in [0.05, 0.1) is 18.8 Å². The number of esters is 1. The Balaban J connectivity index is 2.06. The van der Waals surface area contributed by atoms with Gasteiger partial charge in [0.1, 0.15) is 0 Å². The van der Waals surface area contributed by atoms with E-state index in [0.717, 1.165) is 31.2 Å². The largest absolute Gasteiger partial charge is 0.465 e. The first-order chi connectivity index (χ1) is 10.1. The highest BCUT2D eigenvalue weighted by Crippen LogP contribution is 2.50. The number of carbonyl (C=O) groups is 1. The van der Waals surface area contributed by atoms with Crippen molar-refractivity contribution in [2.45, 2.75) is 44.1 Å². The van der Waals surface area contributed by atoms with Gasteiger partial charge in [-0.1, -0.05) is 25.1 Å². The third-order valence-corrected chi connectivity index (χ3v) is 5.31. The predicted octanol–water partition coefficient (Wildman–Crippen LogP) is 3.31. The third kappa shape index (κ3) is 2.20. The number of carbonyl (C=O) groups excluding carboxylic acids is 1. The molecule has 3 atom stereocenters. The molecule has 112 valence electrons. The lowest BCUT2D eigenvalue weighted by Gasteiger charge is -2.47. The number of ether oxygens (including phenoxy) is 1. The van der Waals surface area contributed by atoms with Gasteiger partial charge in [0, 0.05) is 5.41 Å². The van der Waals surface area contributed by atoms with Crippen LogP contribution in [-0.2, 0) is 10.2 Å². The molecule has 1 aromatic rings. The molecule has 0 heterocycles. The summed E-state index contributed by atoms with van der Waals surface area (Å²) in [6, 6.07) is 5.87. The third-order valence-electron chi connectivity index (χ3n) is 5.31. The lowest BCUT2D eigenvalue weighted by atomic mass is 9.57. The summed E-state index contributed by atoms with van der Waals surface area (Å²) >= 11 is 0. The van der Waals surface area contributed by atoms with E-state index >= 15 is 0 Å². The van der Waals surface area contributed by atoms with Crippen LogP contribution in [0.3, 0.4) is 0 Å². The fraction of sp³-hybridized carbons (Fsp3) is 0.500. The topological polar surface area (TPSA) is 46.5 Å². The van der Waals surface area contributed by atoms with Gasteiger partial charge < -0.3 is 9.84 Å². The van der Waals surface area contributed by atoms with Gasteiger partial charge in [0.25, 0.3) is 0 Å². The maximum Gasteiger partial charge on any atom is 0.337 e. The van der Waals surface area contributed by atoms with Gasteiger partial charge in [0.2, 0.25) is 0 Å². The van der Waals surface area contributed by atoms with E-state index in [2.05, 4.69) is 25.1 Å². The van der Waals surface area contributed by atoms with Crippen molar-refractivity contribution in [3.8, 4) is 0 Å². The normalized spacial score (nSPS) is 30.4. The molecule has 0 bridgehead atoms. The van der Waals surface area contributed by atoms with Crippen molar-refractivity contribution in [3.63, 3.8) is 0 Å². The van der Waals surface area contributed by atoms with Gasteiger partial charge in [-0.25, -0.2) is 4.79 Å². The number of methoxy groups -OCH3 is 1. The Morgan fingerprint density at radius 1 is 1.48 bits per heavy atom. The summed E-state index contributed by atoms with van der Waals surface area (Å²) in [7, 11) is 1.41. The molecule has 3 heteroatoms. The number of hydrogen-bond donors (Lipinski definition) is 1. The molecule has 3 unspecified atom stereocenters. The van der Waals surface area contributed by atoms with E-state index in [1.165, 1.54) is 12.7 Å². The van der Waals surface area contributed by atoms with Crippen molar-refractivity contribution in [1.29, 1.82) is 0 Å². The summed E-state index contributed by atoms with van der Waals surface area (Å²) < 4.78 is 4.80. The lowest BCUT2D eigenvalue weighted by Crippen LogP contribution is -2.42. The van der Waals surface area contributed by atoms with Crippen LogP contribution in [0.2, 0.25) is 0 Å². The first-order valence-corrected chi connectivity index (χ1v) is 7.70. The number of fused-ring (bicyclic) bond motifs is 3. The molecular formula is C18H22O3. The average molecular weight is 286 g/mol. The number of aliphatic hydroxyl groups excluding tert-OH is 1. The summed E-state index contributed by atoms with van der Waals surface area (Å²) in [5.74, 6) is 0.0978. The van der Waals surface area contributed by atoms with Gasteiger partial charge in [-0.15, -0.1) is 0 Å². The highest BCUT2D eigenvalue weighted by molar-refractivity contribution is 5.90. The first-order valence-electron chi connectivity index (χ1n) is 7.70. The van der Waals surface area contributed by atoms with Crippen LogP contribution in [0.25, 0.3) is 6.08 Å². The second-order valence-corrected chi connectivity index (χ2v) is 6.20. The molecule has 0 saturated heterocycles. The molecule has 1 fully saturated rings. The number of hydrogen-bond acceptors (Lipinski definition) is 3. The number of allylic oxidation sites excluding steroid dienone is 1. The zero-order valence-electron chi connectivity index (χ0n) is 12.6. The molecule has 3 rings (SSSR count). The summed E-state index contributed by atoms with van der Waals surface area (Å²) in [4.78, 5) is 11.7. The van der Waals surface area contributed by atoms with Gasteiger partial charge in [-0.3, -0.25) is 0 Å². The zero-order chi connectivity index (χ0) is 15.0. The summed E-state index contributed by atoms with van der Waals surface area (Å²) in [5, 5.41) is 9.96. The molecule has 1 saturated carbocycles. The molecule has 3 nitrogen and oxygen atoms in total. The van der Waals surface area contributed by atoms with E-state index in [0.29, 0.717) is 11.5 Å². The van der Waals surface area contributed by atoms with E-state index in [9.17, 15) is 9.90 Å². The Hall–Kier alpha value is -1.61. The number of benzene rings is 1. The Morgan fingerprint density at radius 2 is 2.29 bits per heavy atom. The molecule has 0 spiro atoms. The molecule has 1 N–H and O–H groups in total. The zero-order valence-corrected chi connectivity index (χ0v) is 12.6. The SMILES string of the molecule is CCC12CCC(O)CC1C=Cc1cc(C(=O)OC)ccc12. The molecule has 2 aliphatic rings. The maximum absolute atomic E-state index is 11.7. The Labute approximate surface area is 125 Å². The smallest absolute Gasteiger partial charge is 0.337 e. The second-order valence-electron chi connectivity index (χ2n) is 6.20. The molecular weight excluding hydrogens is 264 g/mol. The molecule has 1 aromatic carbocycles. The van der Waals surface area contributed by atoms with Crippen LogP contribution in [0, 0.1) is 5.92 Å². The van der Waals surface area contributed by atoms with Crippen LogP contribution in [0.4, 0.5) is 0 Å². The van der Waals surface area contributed by atoms with Crippen LogP contribution < -0.4 is 0 Å². The average Bonchev–Trinajstić information content (AvgIpc) is 2.53. The first kappa shape index (κ1) is 14.3. The molecule has 0 aromatic heterocycles. The van der Waals surface area contributed by atoms with Crippen molar-refractivity contribution < 1.29 is 14.6 Å². The van der Waals surface area contributed by atoms with E-state index < -0.39 is 0 Å². The van der Waals surface area contributed by atoms with Crippen LogP contribution in [0.5, 0.6) is 0 Å². The fourth-order valence-corrected chi connectivity index (χ4v) is 4.09. The van der Waals surface area contributed by atoms with Crippen molar-refractivity contribution in [2.24, 2.45) is 5.92 Å². The summed E-state index contributed by atoms with van der Waals surface area (Å²) in [6.07, 6.45) is 7.88. The lowest BCUT2D eigenvalue weighted by molar-refractivity contribution is 0.0600. The maximum atomic E-state index is 11.7. The molecule has 0 amide bonds. The second kappa shape index (κ2) is 5.30. The number of aliphatic hydroxyl groups is 1. The predicted molar refractivity (Wildman–Crippen MR) is 82.1 cm³/mol. The van der Waals surface area contributed by atoms with Crippen LogP contribution >= 0.6 is 0 Å². The van der Waals surface area contributed by atoms with Gasteiger partial charge in [-0.05, 0) is 54.9 Å². The van der Waals surface area contributed by atoms with E-state index in [4.69, 9.17) is 4.74 Å². The fourth-order valence-electron chi connectivity index (χ4n) is 4.09.